The molecule has 0 radical (unpaired) electrons. The van der Waals surface area contributed by atoms with Crippen molar-refractivity contribution in [2.24, 2.45) is 0 Å². The van der Waals surface area contributed by atoms with Crippen LogP contribution in [-0.2, 0) is 6.61 Å². The molecule has 1 aromatic carbocycles. The monoisotopic (exact) mass is 239 g/mol. The van der Waals surface area contributed by atoms with Crippen LogP contribution in [-0.4, -0.2) is 10.3 Å². The lowest BCUT2D eigenvalue weighted by Crippen LogP contribution is -1.94. The maximum absolute atomic E-state index is 9.46. The number of benzene rings is 1. The second-order valence-corrected chi connectivity index (χ2v) is 3.64. The molecule has 0 aliphatic carbocycles. The number of para-hydroxylation sites is 2. The van der Waals surface area contributed by atoms with Crippen molar-refractivity contribution in [1.82, 2.24) is 5.16 Å². The van der Waals surface area contributed by atoms with Gasteiger partial charge in [0.2, 0.25) is 0 Å². The van der Waals surface area contributed by atoms with Gasteiger partial charge < -0.3 is 14.4 Å². The molecule has 0 aliphatic rings. The van der Waals surface area contributed by atoms with Gasteiger partial charge >= 0.3 is 0 Å². The predicted octanol–water partition coefficient (Wildman–Crippen LogP) is 2.92. The van der Waals surface area contributed by atoms with E-state index in [-0.39, 0.29) is 12.4 Å². The molecule has 5 heteroatoms. The van der Waals surface area contributed by atoms with Crippen LogP contribution in [0.3, 0.4) is 0 Å². The maximum Gasteiger partial charge on any atom is 0.192 e. The smallest absolute Gasteiger partial charge is 0.192 e. The zero-order valence-corrected chi connectivity index (χ0v) is 9.36. The number of phenols is 1. The van der Waals surface area contributed by atoms with E-state index in [1.807, 2.05) is 0 Å². The van der Waals surface area contributed by atoms with Gasteiger partial charge in [0.05, 0.1) is 5.69 Å². The van der Waals surface area contributed by atoms with Crippen molar-refractivity contribution in [3.63, 3.8) is 0 Å². The second kappa shape index (κ2) is 4.45. The molecular formula is C11H10ClNO3. The molecule has 0 bridgehead atoms. The highest BCUT2D eigenvalue weighted by molar-refractivity contribution is 6.31. The zero-order chi connectivity index (χ0) is 11.5. The molecule has 1 N–H and O–H groups in total. The molecule has 0 saturated heterocycles. The number of nitrogens with zero attached hydrogens (tertiary/aromatic N) is 1. The van der Waals surface area contributed by atoms with Gasteiger partial charge in [-0.3, -0.25) is 0 Å². The molecule has 84 valence electrons. The lowest BCUT2D eigenvalue weighted by atomic mass is 10.3. The number of hydrogen-bond donors (Lipinski definition) is 1. The Bertz CT molecular complexity index is 496. The van der Waals surface area contributed by atoms with Crippen LogP contribution in [0.2, 0.25) is 5.02 Å². The van der Waals surface area contributed by atoms with E-state index in [1.165, 1.54) is 0 Å². The predicted molar refractivity (Wildman–Crippen MR) is 58.7 cm³/mol. The molecule has 1 heterocycles. The van der Waals surface area contributed by atoms with Crippen LogP contribution in [0.25, 0.3) is 0 Å². The van der Waals surface area contributed by atoms with E-state index in [0.717, 1.165) is 0 Å². The fourth-order valence-corrected chi connectivity index (χ4v) is 1.34. The third-order valence-electron chi connectivity index (χ3n) is 2.08. The number of phenolic OH excluding ortho intramolecular Hbond substituents is 1. The molecule has 0 saturated carbocycles. The number of aromatic hydroxyl groups is 1. The van der Waals surface area contributed by atoms with E-state index < -0.39 is 0 Å². The van der Waals surface area contributed by atoms with Crippen molar-refractivity contribution in [2.45, 2.75) is 13.5 Å². The quantitative estimate of drug-likeness (QED) is 0.895. The fraction of sp³-hybridized carbons (Fsp3) is 0.182. The summed E-state index contributed by atoms with van der Waals surface area (Å²) < 4.78 is 10.3. The molecule has 0 spiro atoms. The molecule has 16 heavy (non-hydrogen) atoms. The largest absolute Gasteiger partial charge is 0.504 e. The minimum atomic E-state index is 0.0786. The van der Waals surface area contributed by atoms with Crippen LogP contribution in [0.5, 0.6) is 11.5 Å². The summed E-state index contributed by atoms with van der Waals surface area (Å²) >= 11 is 5.92. The van der Waals surface area contributed by atoms with Crippen LogP contribution < -0.4 is 4.74 Å². The van der Waals surface area contributed by atoms with Crippen molar-refractivity contribution < 1.29 is 14.4 Å². The summed E-state index contributed by atoms with van der Waals surface area (Å²) in [5, 5.41) is 13.6. The Morgan fingerprint density at radius 1 is 1.44 bits per heavy atom. The van der Waals surface area contributed by atoms with E-state index in [1.54, 1.807) is 31.2 Å². The Morgan fingerprint density at radius 3 is 2.81 bits per heavy atom. The standard InChI is InChI=1S/C11H10ClNO3/c1-7-11(12)10(16-13-7)6-15-9-5-3-2-4-8(9)14/h2-5,14H,6H2,1H3. The van der Waals surface area contributed by atoms with Crippen LogP contribution in [0, 0.1) is 6.92 Å². The Morgan fingerprint density at radius 2 is 2.19 bits per heavy atom. The first-order valence-electron chi connectivity index (χ1n) is 4.70. The second-order valence-electron chi connectivity index (χ2n) is 3.26. The van der Waals surface area contributed by atoms with Crippen LogP contribution in [0.1, 0.15) is 11.5 Å². The fourth-order valence-electron chi connectivity index (χ4n) is 1.22. The number of aromatic nitrogens is 1. The van der Waals surface area contributed by atoms with E-state index in [2.05, 4.69) is 5.16 Å². The number of hydrogen-bond acceptors (Lipinski definition) is 4. The van der Waals surface area contributed by atoms with Gasteiger partial charge in [-0.25, -0.2) is 0 Å². The highest BCUT2D eigenvalue weighted by Gasteiger charge is 2.11. The molecular weight excluding hydrogens is 230 g/mol. The van der Waals surface area contributed by atoms with E-state index in [0.29, 0.717) is 22.2 Å². The first-order valence-corrected chi connectivity index (χ1v) is 5.07. The first-order chi connectivity index (χ1) is 7.68. The van der Waals surface area contributed by atoms with Gasteiger partial charge in [-0.15, -0.1) is 0 Å². The Kier molecular flexibility index (Phi) is 3.01. The summed E-state index contributed by atoms with van der Waals surface area (Å²) in [5.41, 5.74) is 0.623. The zero-order valence-electron chi connectivity index (χ0n) is 8.61. The summed E-state index contributed by atoms with van der Waals surface area (Å²) in [6, 6.07) is 6.69. The molecule has 0 amide bonds. The van der Waals surface area contributed by atoms with Crippen molar-refractivity contribution in [3.05, 3.63) is 40.7 Å². The van der Waals surface area contributed by atoms with Gasteiger partial charge in [0, 0.05) is 0 Å². The van der Waals surface area contributed by atoms with Gasteiger partial charge in [-0.2, -0.15) is 0 Å². The number of ether oxygens (including phenoxy) is 1. The van der Waals surface area contributed by atoms with Crippen molar-refractivity contribution in [1.29, 1.82) is 0 Å². The SMILES string of the molecule is Cc1noc(COc2ccccc2O)c1Cl. The third-order valence-corrected chi connectivity index (χ3v) is 2.56. The summed E-state index contributed by atoms with van der Waals surface area (Å²) in [7, 11) is 0. The van der Waals surface area contributed by atoms with Gasteiger partial charge in [-0.1, -0.05) is 28.9 Å². The van der Waals surface area contributed by atoms with Crippen LogP contribution in [0.15, 0.2) is 28.8 Å². The minimum Gasteiger partial charge on any atom is -0.504 e. The number of halogens is 1. The molecule has 1 aromatic heterocycles. The van der Waals surface area contributed by atoms with E-state index >= 15 is 0 Å². The van der Waals surface area contributed by atoms with Crippen molar-refractivity contribution >= 4 is 11.6 Å². The molecule has 0 atom stereocenters. The lowest BCUT2D eigenvalue weighted by molar-refractivity contribution is 0.240. The topological polar surface area (TPSA) is 55.5 Å². The first kappa shape index (κ1) is 10.8. The number of rotatable bonds is 3. The average Bonchev–Trinajstić information content (AvgIpc) is 2.59. The molecule has 2 aromatic rings. The molecule has 0 aliphatic heterocycles. The van der Waals surface area contributed by atoms with Gasteiger partial charge in [0.1, 0.15) is 5.02 Å². The molecule has 0 unspecified atom stereocenters. The molecule has 0 fully saturated rings. The average molecular weight is 240 g/mol. The summed E-state index contributed by atoms with van der Waals surface area (Å²) in [6.45, 7) is 1.88. The normalized spacial score (nSPS) is 10.4. The van der Waals surface area contributed by atoms with Gasteiger partial charge in [0.25, 0.3) is 0 Å². The molecule has 4 nitrogen and oxygen atoms in total. The van der Waals surface area contributed by atoms with Crippen LogP contribution in [0.4, 0.5) is 0 Å². The maximum atomic E-state index is 9.46. The minimum absolute atomic E-state index is 0.0786. The van der Waals surface area contributed by atoms with E-state index in [9.17, 15) is 5.11 Å². The summed E-state index contributed by atoms with van der Waals surface area (Å²) in [6.07, 6.45) is 0. The number of aryl methyl sites for hydroxylation is 1. The van der Waals surface area contributed by atoms with Crippen LogP contribution >= 0.6 is 11.6 Å². The Labute approximate surface area is 97.4 Å². The summed E-state index contributed by atoms with van der Waals surface area (Å²) in [5.74, 6) is 0.907. The van der Waals surface area contributed by atoms with Crippen molar-refractivity contribution in [2.75, 3.05) is 0 Å². The van der Waals surface area contributed by atoms with Gasteiger partial charge in [0.15, 0.2) is 23.9 Å². The highest BCUT2D eigenvalue weighted by atomic mass is 35.5. The Hall–Kier alpha value is -1.68. The third kappa shape index (κ3) is 2.12. The summed E-state index contributed by atoms with van der Waals surface area (Å²) in [4.78, 5) is 0. The molecule has 2 rings (SSSR count). The Balaban J connectivity index is 2.08. The van der Waals surface area contributed by atoms with Crippen molar-refractivity contribution in [3.8, 4) is 11.5 Å². The highest BCUT2D eigenvalue weighted by Crippen LogP contribution is 2.27. The lowest BCUT2D eigenvalue weighted by Gasteiger charge is -2.05. The van der Waals surface area contributed by atoms with E-state index in [4.69, 9.17) is 20.9 Å². The van der Waals surface area contributed by atoms with Gasteiger partial charge in [-0.05, 0) is 19.1 Å².